The number of benzene rings is 2. The van der Waals surface area contributed by atoms with Gasteiger partial charge in [-0.2, -0.15) is 14.2 Å². The normalized spacial score (nSPS) is 24.5. The van der Waals surface area contributed by atoms with Crippen molar-refractivity contribution in [3.63, 3.8) is 0 Å². The van der Waals surface area contributed by atoms with Crippen LogP contribution in [0, 0.1) is 30.0 Å². The highest BCUT2D eigenvalue weighted by molar-refractivity contribution is 7.89. The molecular weight excluding hydrogens is 521 g/mol. The minimum atomic E-state index is -3.89. The molecule has 1 aliphatic carbocycles. The van der Waals surface area contributed by atoms with Gasteiger partial charge in [-0.05, 0) is 73.2 Å². The van der Waals surface area contributed by atoms with Crippen LogP contribution in [-0.4, -0.2) is 70.9 Å². The molecule has 39 heavy (non-hydrogen) atoms. The average Bonchev–Trinajstić information content (AvgIpc) is 3.44. The lowest BCUT2D eigenvalue weighted by Crippen LogP contribution is -2.40. The number of nitrogens with one attached hydrogen (secondary N) is 2. The summed E-state index contributed by atoms with van der Waals surface area (Å²) >= 11 is 0. The van der Waals surface area contributed by atoms with Crippen LogP contribution >= 0.6 is 0 Å². The van der Waals surface area contributed by atoms with Crippen LogP contribution in [0.1, 0.15) is 29.5 Å². The highest BCUT2D eigenvalue weighted by atomic mass is 32.2. The molecule has 10 nitrogen and oxygen atoms in total. The number of likely N-dealkylation sites (tertiary alicyclic amines) is 1. The average molecular weight is 552 g/mol. The maximum Gasteiger partial charge on any atom is 0.264 e. The van der Waals surface area contributed by atoms with Crippen LogP contribution in [0.5, 0.6) is 0 Å². The maximum absolute atomic E-state index is 13.7. The van der Waals surface area contributed by atoms with Crippen LogP contribution in [0.15, 0.2) is 47.6 Å². The molecule has 1 aromatic heterocycles. The lowest BCUT2D eigenvalue weighted by Gasteiger charge is -2.26. The smallest absolute Gasteiger partial charge is 0.264 e. The van der Waals surface area contributed by atoms with Crippen molar-refractivity contribution in [3.05, 3.63) is 65.1 Å². The number of carbonyl (C=O) groups excluding carboxylic acids is 1. The molecular formula is C27H30FN7O3S. The van der Waals surface area contributed by atoms with Crippen LogP contribution in [0.4, 0.5) is 15.8 Å². The summed E-state index contributed by atoms with van der Waals surface area (Å²) in [5.41, 5.74) is 3.04. The summed E-state index contributed by atoms with van der Waals surface area (Å²) < 4.78 is 41.7. The van der Waals surface area contributed by atoms with E-state index in [9.17, 15) is 17.6 Å². The molecule has 3 aliphatic rings. The van der Waals surface area contributed by atoms with E-state index in [1.54, 1.807) is 19.2 Å². The SMILES string of the molecule is Cc1cc(Nc2ccc(F)cc2)c(C=N)cc1[C@@]12CN(S(=O)(=O)c3cnn(C)n3)C[C@@H]1[C@H]2C(=O)N1CCCC1. The van der Waals surface area contributed by atoms with Gasteiger partial charge in [0.15, 0.2) is 0 Å². The molecule has 2 aromatic carbocycles. The fourth-order valence-corrected chi connectivity index (χ4v) is 7.87. The van der Waals surface area contributed by atoms with Gasteiger partial charge in [-0.15, -0.1) is 5.10 Å². The van der Waals surface area contributed by atoms with E-state index in [2.05, 4.69) is 15.5 Å². The van der Waals surface area contributed by atoms with Gasteiger partial charge in [0.1, 0.15) is 5.82 Å². The van der Waals surface area contributed by atoms with Gasteiger partial charge in [0.2, 0.25) is 10.9 Å². The Balaban J connectivity index is 1.38. The van der Waals surface area contributed by atoms with E-state index in [-0.39, 0.29) is 41.7 Å². The van der Waals surface area contributed by atoms with Crippen molar-refractivity contribution >= 4 is 33.5 Å². The van der Waals surface area contributed by atoms with Gasteiger partial charge in [0, 0.05) is 61.8 Å². The zero-order valence-corrected chi connectivity index (χ0v) is 22.6. The van der Waals surface area contributed by atoms with Gasteiger partial charge in [-0.3, -0.25) is 4.79 Å². The molecule has 12 heteroatoms. The van der Waals surface area contributed by atoms with E-state index in [1.165, 1.54) is 33.6 Å². The van der Waals surface area contributed by atoms with Gasteiger partial charge < -0.3 is 15.6 Å². The quantitative estimate of drug-likeness (QED) is 0.435. The third-order valence-corrected chi connectivity index (χ3v) is 10.1. The molecule has 3 heterocycles. The second kappa shape index (κ2) is 9.23. The number of piperidine rings is 1. The Morgan fingerprint density at radius 1 is 1.21 bits per heavy atom. The van der Waals surface area contributed by atoms with Crippen molar-refractivity contribution in [1.82, 2.24) is 24.2 Å². The monoisotopic (exact) mass is 551 g/mol. The Morgan fingerprint density at radius 2 is 1.92 bits per heavy atom. The summed E-state index contributed by atoms with van der Waals surface area (Å²) in [5.74, 6) is -0.755. The summed E-state index contributed by atoms with van der Waals surface area (Å²) in [4.78, 5) is 16.8. The predicted molar refractivity (Wildman–Crippen MR) is 143 cm³/mol. The molecule has 3 fully saturated rings. The fourth-order valence-electron chi connectivity index (χ4n) is 6.46. The first-order valence-corrected chi connectivity index (χ1v) is 14.4. The van der Waals surface area contributed by atoms with E-state index in [1.807, 2.05) is 24.0 Å². The molecule has 6 rings (SSSR count). The molecule has 1 saturated carbocycles. The van der Waals surface area contributed by atoms with E-state index in [0.29, 0.717) is 16.9 Å². The molecule has 0 bridgehead atoms. The topological polar surface area (TPSA) is 124 Å². The largest absolute Gasteiger partial charge is 0.355 e. The number of hydrogen-bond acceptors (Lipinski definition) is 7. The van der Waals surface area contributed by atoms with Crippen LogP contribution in [-0.2, 0) is 27.3 Å². The van der Waals surface area contributed by atoms with Crippen molar-refractivity contribution < 1.29 is 17.6 Å². The summed E-state index contributed by atoms with van der Waals surface area (Å²) in [6.45, 7) is 3.78. The lowest BCUT2D eigenvalue weighted by atomic mass is 9.87. The standard InChI is InChI=1S/C27H30FN7O3S/c1-17-11-23(31-20-7-5-19(28)6-8-20)18(13-29)12-21(17)27-16-35(39(37,38)24-14-30-33(2)32-24)15-22(27)25(27)26(36)34-9-3-4-10-34/h5-8,11-14,22,25,29,31H,3-4,9-10,15-16H2,1-2H3/t22-,25+,27+/m1/s1. The minimum absolute atomic E-state index is 0.0818. The molecule has 2 N–H and O–H groups in total. The van der Waals surface area contributed by atoms with Gasteiger partial charge in [0.05, 0.1) is 12.1 Å². The molecule has 1 amide bonds. The molecule has 2 aliphatic heterocycles. The van der Waals surface area contributed by atoms with E-state index < -0.39 is 15.4 Å². The summed E-state index contributed by atoms with van der Waals surface area (Å²) in [7, 11) is -2.32. The second-order valence-electron chi connectivity index (χ2n) is 10.7. The summed E-state index contributed by atoms with van der Waals surface area (Å²) in [5, 5.41) is 19.2. The van der Waals surface area contributed by atoms with Crippen LogP contribution in [0.3, 0.4) is 0 Å². The second-order valence-corrected chi connectivity index (χ2v) is 12.5. The molecule has 2 saturated heterocycles. The third kappa shape index (κ3) is 4.13. The number of hydrogen-bond donors (Lipinski definition) is 2. The van der Waals surface area contributed by atoms with Gasteiger partial charge in [-0.1, -0.05) is 0 Å². The van der Waals surface area contributed by atoms with Crippen LogP contribution in [0.2, 0.25) is 0 Å². The van der Waals surface area contributed by atoms with Gasteiger partial charge in [-0.25, -0.2) is 12.8 Å². The van der Waals surface area contributed by atoms with E-state index >= 15 is 0 Å². The van der Waals surface area contributed by atoms with Crippen LogP contribution in [0.25, 0.3) is 0 Å². The number of carbonyl (C=O) groups is 1. The lowest BCUT2D eigenvalue weighted by molar-refractivity contribution is -0.132. The first-order chi connectivity index (χ1) is 18.6. The first kappa shape index (κ1) is 25.6. The number of sulfonamides is 1. The Kier molecular flexibility index (Phi) is 6.07. The number of aromatic nitrogens is 3. The van der Waals surface area contributed by atoms with E-state index in [4.69, 9.17) is 5.41 Å². The number of fused-ring (bicyclic) bond motifs is 1. The molecule has 3 atom stereocenters. The Hall–Kier alpha value is -3.64. The van der Waals surface area contributed by atoms with E-state index in [0.717, 1.165) is 37.1 Å². The maximum atomic E-state index is 13.7. The van der Waals surface area contributed by atoms with Crippen LogP contribution < -0.4 is 5.32 Å². The van der Waals surface area contributed by atoms with Gasteiger partial charge >= 0.3 is 0 Å². The van der Waals surface area contributed by atoms with Crippen molar-refractivity contribution in [3.8, 4) is 0 Å². The molecule has 0 unspecified atom stereocenters. The van der Waals surface area contributed by atoms with Crippen molar-refractivity contribution in [1.29, 1.82) is 5.41 Å². The first-order valence-electron chi connectivity index (χ1n) is 13.0. The number of amides is 1. The van der Waals surface area contributed by atoms with Gasteiger partial charge in [0.25, 0.3) is 10.0 Å². The molecule has 3 aromatic rings. The fraction of sp³-hybridized carbons (Fsp3) is 0.407. The minimum Gasteiger partial charge on any atom is -0.355 e. The number of anilines is 2. The molecule has 0 spiro atoms. The predicted octanol–water partition coefficient (Wildman–Crippen LogP) is 2.81. The summed E-state index contributed by atoms with van der Waals surface area (Å²) in [6, 6.07) is 9.79. The highest BCUT2D eigenvalue weighted by Crippen LogP contribution is 2.66. The number of nitrogens with zero attached hydrogens (tertiary/aromatic N) is 5. The van der Waals surface area contributed by atoms with Crippen molar-refractivity contribution in [2.45, 2.75) is 30.2 Å². The Labute approximate surface area is 226 Å². The Morgan fingerprint density at radius 3 is 2.56 bits per heavy atom. The molecule has 0 radical (unpaired) electrons. The number of rotatable bonds is 7. The Bertz CT molecular complexity index is 1570. The number of halogens is 1. The highest BCUT2D eigenvalue weighted by Gasteiger charge is 2.74. The van der Waals surface area contributed by atoms with Crippen molar-refractivity contribution in [2.24, 2.45) is 18.9 Å². The van der Waals surface area contributed by atoms with Crippen molar-refractivity contribution in [2.75, 3.05) is 31.5 Å². The summed E-state index contributed by atoms with van der Waals surface area (Å²) in [6.07, 6.45) is 4.43. The molecule has 204 valence electrons. The zero-order chi connectivity index (χ0) is 27.5. The zero-order valence-electron chi connectivity index (χ0n) is 21.8. The number of aryl methyl sites for hydroxylation is 2. The third-order valence-electron chi connectivity index (χ3n) is 8.39.